The summed E-state index contributed by atoms with van der Waals surface area (Å²) in [5.41, 5.74) is 2.57. The molecule has 2 aromatic rings. The summed E-state index contributed by atoms with van der Waals surface area (Å²) in [6, 6.07) is 9.34. The maximum atomic E-state index is 14.8. The highest BCUT2D eigenvalue weighted by Gasteiger charge is 2.30. The number of hydrogen-bond acceptors (Lipinski definition) is 7. The number of nitriles is 1. The Morgan fingerprint density at radius 3 is 2.94 bits per heavy atom. The summed E-state index contributed by atoms with van der Waals surface area (Å²) in [5, 5.41) is 22.2. The first-order valence-electron chi connectivity index (χ1n) is 10.4. The van der Waals surface area contributed by atoms with E-state index in [-0.39, 0.29) is 5.92 Å². The second kappa shape index (κ2) is 9.18. The third-order valence-electron chi connectivity index (χ3n) is 5.75. The van der Waals surface area contributed by atoms with Crippen LogP contribution in [-0.2, 0) is 0 Å². The van der Waals surface area contributed by atoms with Gasteiger partial charge in [0.05, 0.1) is 18.9 Å². The Morgan fingerprint density at radius 2 is 2.26 bits per heavy atom. The fourth-order valence-electron chi connectivity index (χ4n) is 3.99. The average molecular weight is 423 g/mol. The van der Waals surface area contributed by atoms with Gasteiger partial charge in [0.25, 0.3) is 0 Å². The van der Waals surface area contributed by atoms with E-state index in [2.05, 4.69) is 43.7 Å². The zero-order chi connectivity index (χ0) is 21.8. The number of piperidine rings is 1. The molecule has 31 heavy (non-hydrogen) atoms. The van der Waals surface area contributed by atoms with Gasteiger partial charge in [-0.3, -0.25) is 5.10 Å². The van der Waals surface area contributed by atoms with E-state index in [9.17, 15) is 4.39 Å². The average Bonchev–Trinajstić information content (AvgIpc) is 3.27. The minimum absolute atomic E-state index is 0.120. The molecule has 1 saturated heterocycles. The molecule has 9 heteroatoms. The van der Waals surface area contributed by atoms with E-state index in [4.69, 9.17) is 10.00 Å². The summed E-state index contributed by atoms with van der Waals surface area (Å²) in [6.07, 6.45) is 3.08. The molecule has 3 atom stereocenters. The molecule has 3 N–H and O–H groups in total. The van der Waals surface area contributed by atoms with Gasteiger partial charge >= 0.3 is 0 Å². The van der Waals surface area contributed by atoms with Gasteiger partial charge in [-0.15, -0.1) is 0 Å². The summed E-state index contributed by atoms with van der Waals surface area (Å²) < 4.78 is 20.4. The summed E-state index contributed by atoms with van der Waals surface area (Å²) in [5.74, 6) is 1.69. The zero-order valence-electron chi connectivity index (χ0n) is 17.6. The predicted octanol–water partition coefficient (Wildman–Crippen LogP) is 3.01. The number of aromatic nitrogens is 2. The molecule has 1 aromatic carbocycles. The van der Waals surface area contributed by atoms with Gasteiger partial charge in [-0.25, -0.2) is 9.38 Å². The normalized spacial score (nSPS) is 23.5. The van der Waals surface area contributed by atoms with Crippen molar-refractivity contribution in [3.63, 3.8) is 0 Å². The van der Waals surface area contributed by atoms with Crippen LogP contribution in [0.2, 0.25) is 0 Å². The van der Waals surface area contributed by atoms with Gasteiger partial charge in [0.15, 0.2) is 5.82 Å². The lowest BCUT2D eigenvalue weighted by atomic mass is 9.87. The summed E-state index contributed by atoms with van der Waals surface area (Å²) in [7, 11) is 1.61. The molecule has 8 nitrogen and oxygen atoms in total. The highest BCUT2D eigenvalue weighted by Crippen LogP contribution is 2.37. The Kier molecular flexibility index (Phi) is 6.18. The molecule has 0 aliphatic carbocycles. The van der Waals surface area contributed by atoms with E-state index in [1.54, 1.807) is 13.3 Å². The number of ether oxygens (including phenoxy) is 1. The van der Waals surface area contributed by atoms with Crippen molar-refractivity contribution in [2.24, 2.45) is 4.99 Å². The zero-order valence-corrected chi connectivity index (χ0v) is 17.6. The van der Waals surface area contributed by atoms with Crippen molar-refractivity contribution in [3.8, 4) is 23.1 Å². The van der Waals surface area contributed by atoms with E-state index >= 15 is 0 Å². The number of benzene rings is 1. The van der Waals surface area contributed by atoms with Gasteiger partial charge in [-0.2, -0.15) is 10.4 Å². The van der Waals surface area contributed by atoms with Crippen LogP contribution in [0.1, 0.15) is 24.8 Å². The predicted molar refractivity (Wildman–Crippen MR) is 118 cm³/mol. The third-order valence-corrected chi connectivity index (χ3v) is 5.75. The SMILES string of the molecule is CCN1CCC(c2ccc(-c3cc(NC4=CNC(C#N)C=N4)n[nH]3)c(OC)c2)C(F)C1. The van der Waals surface area contributed by atoms with E-state index in [0.29, 0.717) is 23.9 Å². The van der Waals surface area contributed by atoms with Gasteiger partial charge in [-0.05, 0) is 37.2 Å². The van der Waals surface area contributed by atoms with Crippen molar-refractivity contribution in [1.29, 1.82) is 5.26 Å². The molecule has 2 aliphatic rings. The first kappa shape index (κ1) is 20.9. The minimum Gasteiger partial charge on any atom is -0.496 e. The van der Waals surface area contributed by atoms with Gasteiger partial charge in [0.2, 0.25) is 0 Å². The second-order valence-electron chi connectivity index (χ2n) is 7.64. The molecule has 3 heterocycles. The van der Waals surface area contributed by atoms with Crippen molar-refractivity contribution in [2.45, 2.75) is 31.5 Å². The van der Waals surface area contributed by atoms with Crippen LogP contribution in [0, 0.1) is 11.3 Å². The molecule has 1 aromatic heterocycles. The molecule has 2 aliphatic heterocycles. The number of nitrogens with zero attached hydrogens (tertiary/aromatic N) is 4. The van der Waals surface area contributed by atoms with Gasteiger partial charge in [0, 0.05) is 36.5 Å². The largest absolute Gasteiger partial charge is 0.496 e. The van der Waals surface area contributed by atoms with Gasteiger partial charge in [0.1, 0.15) is 23.8 Å². The molecule has 1 fully saturated rings. The molecule has 4 rings (SSSR count). The van der Waals surface area contributed by atoms with Gasteiger partial charge < -0.3 is 20.3 Å². The number of methoxy groups -OCH3 is 1. The van der Waals surface area contributed by atoms with Crippen LogP contribution in [-0.4, -0.2) is 60.3 Å². The number of nitrogens with one attached hydrogen (secondary N) is 3. The number of H-pyrrole nitrogens is 1. The highest BCUT2D eigenvalue weighted by atomic mass is 19.1. The summed E-state index contributed by atoms with van der Waals surface area (Å²) in [6.45, 7) is 4.32. The molecular formula is C22H26FN7O. The number of aliphatic imine (C=N–C) groups is 1. The number of hydrogen-bond donors (Lipinski definition) is 3. The lowest BCUT2D eigenvalue weighted by Gasteiger charge is -2.34. The van der Waals surface area contributed by atoms with Crippen molar-refractivity contribution in [2.75, 3.05) is 32.1 Å². The van der Waals surface area contributed by atoms with Crippen LogP contribution in [0.4, 0.5) is 10.2 Å². The fourth-order valence-corrected chi connectivity index (χ4v) is 3.99. The molecule has 0 saturated carbocycles. The third kappa shape index (κ3) is 4.54. The highest BCUT2D eigenvalue weighted by molar-refractivity contribution is 5.73. The Labute approximate surface area is 180 Å². The monoisotopic (exact) mass is 423 g/mol. The number of aromatic amines is 1. The van der Waals surface area contributed by atoms with Crippen molar-refractivity contribution < 1.29 is 9.13 Å². The van der Waals surface area contributed by atoms with Crippen molar-refractivity contribution in [3.05, 3.63) is 41.8 Å². The van der Waals surface area contributed by atoms with E-state index in [1.807, 2.05) is 24.3 Å². The topological polar surface area (TPSA) is 101 Å². The summed E-state index contributed by atoms with van der Waals surface area (Å²) >= 11 is 0. The van der Waals surface area contributed by atoms with Gasteiger partial charge in [-0.1, -0.05) is 13.0 Å². The smallest absolute Gasteiger partial charge is 0.153 e. The number of rotatable bonds is 6. The number of halogens is 1. The molecule has 0 spiro atoms. The van der Waals surface area contributed by atoms with Crippen LogP contribution in [0.25, 0.3) is 11.3 Å². The summed E-state index contributed by atoms with van der Waals surface area (Å²) in [4.78, 5) is 6.34. The van der Waals surface area contributed by atoms with Crippen LogP contribution in [0.5, 0.6) is 5.75 Å². The number of alkyl halides is 1. The first-order chi connectivity index (χ1) is 15.1. The van der Waals surface area contributed by atoms with E-state index < -0.39 is 12.2 Å². The van der Waals surface area contributed by atoms with Crippen LogP contribution < -0.4 is 15.4 Å². The van der Waals surface area contributed by atoms with Crippen LogP contribution in [0.3, 0.4) is 0 Å². The molecule has 0 amide bonds. The fraction of sp³-hybridized carbons (Fsp3) is 0.409. The quantitative estimate of drug-likeness (QED) is 0.660. The maximum Gasteiger partial charge on any atom is 0.153 e. The number of likely N-dealkylation sites (tertiary alicyclic amines) is 1. The molecule has 0 bridgehead atoms. The van der Waals surface area contributed by atoms with Crippen molar-refractivity contribution >= 4 is 12.0 Å². The molecule has 3 unspecified atom stereocenters. The Morgan fingerprint density at radius 1 is 1.39 bits per heavy atom. The maximum absolute atomic E-state index is 14.8. The van der Waals surface area contributed by atoms with E-state index in [1.165, 1.54) is 6.21 Å². The van der Waals surface area contributed by atoms with Crippen LogP contribution in [0.15, 0.2) is 41.3 Å². The lowest BCUT2D eigenvalue weighted by Crippen LogP contribution is -2.40. The standard InChI is InChI=1S/C22H26FN7O/c1-3-30-7-6-16(18(23)13-30)14-4-5-17(20(8-14)31-2)19-9-21(29-28-19)27-22-12-25-15(10-24)11-26-22/h4-5,8-9,11-12,15-16,18,25H,3,6-7,13H2,1-2H3,(H2,27,28,29). The molecule has 162 valence electrons. The molecular weight excluding hydrogens is 397 g/mol. The lowest BCUT2D eigenvalue weighted by molar-refractivity contribution is 0.122. The first-order valence-corrected chi connectivity index (χ1v) is 10.4. The Bertz CT molecular complexity index is 1030. The van der Waals surface area contributed by atoms with Crippen LogP contribution >= 0.6 is 0 Å². The van der Waals surface area contributed by atoms with E-state index in [0.717, 1.165) is 36.3 Å². The van der Waals surface area contributed by atoms with Crippen molar-refractivity contribution in [1.82, 2.24) is 20.4 Å². The Balaban J connectivity index is 1.50. The Hall–Kier alpha value is -3.38. The molecule has 0 radical (unpaired) electrons. The minimum atomic E-state index is -0.884. The second-order valence-corrected chi connectivity index (χ2v) is 7.64. The number of anilines is 1.